The van der Waals surface area contributed by atoms with Crippen molar-refractivity contribution in [3.63, 3.8) is 0 Å². The molecule has 0 aliphatic heterocycles. The molecular weight excluding hydrogens is 450 g/mol. The molecule has 4 heteroatoms. The molecule has 190 valence electrons. The molecule has 0 saturated heterocycles. The van der Waals surface area contributed by atoms with Crippen LogP contribution in [0.1, 0.15) is 67.4 Å². The zero-order valence-electron chi connectivity index (χ0n) is 22.0. The molecular formula is C31H43NO2S. The van der Waals surface area contributed by atoms with Gasteiger partial charge in [-0.1, -0.05) is 102 Å². The van der Waals surface area contributed by atoms with Gasteiger partial charge in [-0.05, 0) is 47.0 Å². The van der Waals surface area contributed by atoms with Gasteiger partial charge in [0, 0.05) is 20.5 Å². The van der Waals surface area contributed by atoms with Crippen LogP contribution in [0.2, 0.25) is 0 Å². The summed E-state index contributed by atoms with van der Waals surface area (Å²) in [6, 6.07) is 18.4. The summed E-state index contributed by atoms with van der Waals surface area (Å²) in [7, 11) is 1.68. The molecule has 0 radical (unpaired) electrons. The summed E-state index contributed by atoms with van der Waals surface area (Å²) < 4.78 is 12.2. The zero-order chi connectivity index (χ0) is 25.6. The van der Waals surface area contributed by atoms with E-state index in [1.54, 1.807) is 7.11 Å². The van der Waals surface area contributed by atoms with Gasteiger partial charge in [-0.25, -0.2) is 0 Å². The number of ether oxygens (including phenoxy) is 1. The van der Waals surface area contributed by atoms with Gasteiger partial charge in [0.15, 0.2) is 0 Å². The van der Waals surface area contributed by atoms with Gasteiger partial charge in [0.1, 0.15) is 17.3 Å². The standard InChI is InChI=1S/C25H23NO2S.2C3H8.2H2/c1-3-21-15-24(29)25(19-5-4-6-19)23(28-21)16-26-20-11-7-17(8-12-20)18-9-13-22(27-2)14-10-18;2*1-3-2;;/h4-15,26H,3,16H2,1-2H3;2*3H2,1-2H3;2*1H. The Balaban J connectivity index is 0.00000148. The number of nitrogens with one attached hydrogen (secondary N) is 1. The van der Waals surface area contributed by atoms with E-state index in [9.17, 15) is 0 Å². The Bertz CT molecular complexity index is 1170. The predicted octanol–water partition coefficient (Wildman–Crippen LogP) is 10.1. The SMILES string of the molecule is CCC.CCC.CCc1cc(=S)c(C2=CC=C2)c(CNc2ccc(-c3ccc(OC)cc3)cc2)o1.[HH].[HH]. The summed E-state index contributed by atoms with van der Waals surface area (Å²) in [5.41, 5.74) is 5.50. The fourth-order valence-electron chi connectivity index (χ4n) is 3.30. The normalized spacial score (nSPS) is 11.2. The molecule has 0 fully saturated rings. The molecule has 1 aliphatic carbocycles. The van der Waals surface area contributed by atoms with Crippen LogP contribution in [0.4, 0.5) is 5.69 Å². The van der Waals surface area contributed by atoms with Gasteiger partial charge in [0.05, 0.1) is 18.2 Å². The van der Waals surface area contributed by atoms with Crippen molar-refractivity contribution in [3.05, 3.63) is 94.4 Å². The summed E-state index contributed by atoms with van der Waals surface area (Å²) in [4.78, 5) is 0. The lowest BCUT2D eigenvalue weighted by atomic mass is 9.98. The fourth-order valence-corrected chi connectivity index (χ4v) is 3.67. The molecule has 3 aromatic rings. The number of benzene rings is 2. The van der Waals surface area contributed by atoms with Crippen LogP contribution >= 0.6 is 12.2 Å². The van der Waals surface area contributed by atoms with Crippen LogP contribution in [0.15, 0.2) is 77.2 Å². The smallest absolute Gasteiger partial charge is 0.132 e. The van der Waals surface area contributed by atoms with Gasteiger partial charge in [-0.15, -0.1) is 0 Å². The average molecular weight is 494 g/mol. The summed E-state index contributed by atoms with van der Waals surface area (Å²) in [5, 5.41) is 3.47. The second kappa shape index (κ2) is 15.0. The maximum atomic E-state index is 6.12. The number of rotatable bonds is 7. The van der Waals surface area contributed by atoms with E-state index in [2.05, 4.69) is 88.5 Å². The molecule has 1 heterocycles. The Kier molecular flexibility index (Phi) is 12.1. The van der Waals surface area contributed by atoms with Crippen LogP contribution < -0.4 is 10.1 Å². The third-order valence-electron chi connectivity index (χ3n) is 5.02. The van der Waals surface area contributed by atoms with E-state index in [0.717, 1.165) is 56.2 Å². The molecule has 0 amide bonds. The topological polar surface area (TPSA) is 34.4 Å². The molecule has 0 unspecified atom stereocenters. The van der Waals surface area contributed by atoms with Crippen LogP contribution in [-0.4, -0.2) is 7.11 Å². The second-order valence-electron chi connectivity index (χ2n) is 8.28. The number of aryl methyl sites for hydroxylation is 1. The highest BCUT2D eigenvalue weighted by Crippen LogP contribution is 2.29. The molecule has 1 aromatic heterocycles. The van der Waals surface area contributed by atoms with E-state index in [0.29, 0.717) is 6.54 Å². The highest BCUT2D eigenvalue weighted by molar-refractivity contribution is 7.71. The Morgan fingerprint density at radius 1 is 0.886 bits per heavy atom. The Morgan fingerprint density at radius 3 is 1.89 bits per heavy atom. The van der Waals surface area contributed by atoms with Crippen molar-refractivity contribution in [2.75, 3.05) is 12.4 Å². The first-order valence-electron chi connectivity index (χ1n) is 12.5. The van der Waals surface area contributed by atoms with Crippen molar-refractivity contribution < 1.29 is 12.0 Å². The average Bonchev–Trinajstić information content (AvgIpc) is 2.84. The van der Waals surface area contributed by atoms with Crippen LogP contribution in [0.3, 0.4) is 0 Å². The first kappa shape index (κ1) is 28.1. The largest absolute Gasteiger partial charge is 0.497 e. The highest BCUT2D eigenvalue weighted by atomic mass is 32.1. The summed E-state index contributed by atoms with van der Waals surface area (Å²) in [5.74, 6) is 2.65. The lowest BCUT2D eigenvalue weighted by Crippen LogP contribution is -2.05. The maximum Gasteiger partial charge on any atom is 0.132 e. The molecule has 0 saturated carbocycles. The molecule has 0 bridgehead atoms. The van der Waals surface area contributed by atoms with Gasteiger partial charge in [-0.3, -0.25) is 0 Å². The first-order valence-corrected chi connectivity index (χ1v) is 12.9. The lowest BCUT2D eigenvalue weighted by molar-refractivity contribution is 0.415. The van der Waals surface area contributed by atoms with Crippen molar-refractivity contribution >= 4 is 23.5 Å². The van der Waals surface area contributed by atoms with Crippen LogP contribution in [-0.2, 0) is 13.0 Å². The van der Waals surface area contributed by atoms with E-state index in [1.165, 1.54) is 12.8 Å². The molecule has 35 heavy (non-hydrogen) atoms. The summed E-state index contributed by atoms with van der Waals surface area (Å²) in [6.07, 6.45) is 9.48. The van der Waals surface area contributed by atoms with Crippen molar-refractivity contribution in [3.8, 4) is 16.9 Å². The van der Waals surface area contributed by atoms with Crippen LogP contribution in [0, 0.1) is 4.51 Å². The monoisotopic (exact) mass is 493 g/mol. The molecule has 0 spiro atoms. The zero-order valence-corrected chi connectivity index (χ0v) is 22.8. The predicted molar refractivity (Wildman–Crippen MR) is 158 cm³/mol. The maximum absolute atomic E-state index is 6.12. The van der Waals surface area contributed by atoms with E-state index in [-0.39, 0.29) is 2.85 Å². The Labute approximate surface area is 219 Å². The Hall–Kier alpha value is -3.11. The van der Waals surface area contributed by atoms with E-state index in [1.807, 2.05) is 24.3 Å². The number of anilines is 1. The quantitative estimate of drug-likeness (QED) is 0.332. The third kappa shape index (κ3) is 8.25. The van der Waals surface area contributed by atoms with Gasteiger partial charge < -0.3 is 14.5 Å². The van der Waals surface area contributed by atoms with Crippen molar-refractivity contribution in [1.82, 2.24) is 0 Å². The third-order valence-corrected chi connectivity index (χ3v) is 5.34. The molecule has 3 nitrogen and oxygen atoms in total. The first-order chi connectivity index (χ1) is 17.0. The van der Waals surface area contributed by atoms with Gasteiger partial charge in [-0.2, -0.15) is 0 Å². The number of hydrogen-bond donors (Lipinski definition) is 1. The minimum atomic E-state index is 0. The van der Waals surface area contributed by atoms with Gasteiger partial charge in [0.25, 0.3) is 0 Å². The van der Waals surface area contributed by atoms with Crippen molar-refractivity contribution in [2.24, 2.45) is 0 Å². The van der Waals surface area contributed by atoms with E-state index < -0.39 is 0 Å². The van der Waals surface area contributed by atoms with Crippen molar-refractivity contribution in [1.29, 1.82) is 0 Å². The van der Waals surface area contributed by atoms with Crippen molar-refractivity contribution in [2.45, 2.75) is 60.4 Å². The minimum absolute atomic E-state index is 0. The fraction of sp³-hybridized carbons (Fsp3) is 0.323. The lowest BCUT2D eigenvalue weighted by Gasteiger charge is -2.15. The van der Waals surface area contributed by atoms with E-state index >= 15 is 0 Å². The molecule has 1 N–H and O–H groups in total. The van der Waals surface area contributed by atoms with Crippen LogP contribution in [0.25, 0.3) is 16.7 Å². The van der Waals surface area contributed by atoms with E-state index in [4.69, 9.17) is 21.4 Å². The second-order valence-corrected chi connectivity index (χ2v) is 8.72. The number of methoxy groups -OCH3 is 1. The van der Waals surface area contributed by atoms with Gasteiger partial charge >= 0.3 is 0 Å². The summed E-state index contributed by atoms with van der Waals surface area (Å²) >= 11 is 5.62. The molecule has 1 aliphatic rings. The summed E-state index contributed by atoms with van der Waals surface area (Å²) in [6.45, 7) is 11.2. The van der Waals surface area contributed by atoms with Gasteiger partial charge in [0.2, 0.25) is 0 Å². The Morgan fingerprint density at radius 2 is 1.43 bits per heavy atom. The molecule has 2 aromatic carbocycles. The molecule has 0 atom stereocenters. The highest BCUT2D eigenvalue weighted by Gasteiger charge is 2.14. The number of hydrogen-bond acceptors (Lipinski definition) is 4. The number of allylic oxidation sites excluding steroid dienone is 4. The van der Waals surface area contributed by atoms with Crippen LogP contribution in [0.5, 0.6) is 5.75 Å². The minimum Gasteiger partial charge on any atom is -0.497 e. The molecule has 4 rings (SSSR count).